The van der Waals surface area contributed by atoms with E-state index in [1.165, 1.54) is 0 Å². The number of nitrogens with two attached hydrogens (primary N) is 1. The number of para-hydroxylation sites is 1. The van der Waals surface area contributed by atoms with Crippen molar-refractivity contribution < 1.29 is 4.79 Å². The number of likely N-dealkylation sites (tertiary alicyclic amines) is 1. The first-order valence-electron chi connectivity index (χ1n) is 8.45. The number of nitrogens with one attached hydrogen (secondary N) is 1. The summed E-state index contributed by atoms with van der Waals surface area (Å²) in [5.41, 5.74) is 7.18. The number of nitrogens with zero attached hydrogens (tertiary/aromatic N) is 1. The molecule has 1 saturated heterocycles. The van der Waals surface area contributed by atoms with Gasteiger partial charge in [0.05, 0.1) is 5.92 Å². The van der Waals surface area contributed by atoms with Gasteiger partial charge in [0.15, 0.2) is 0 Å². The minimum atomic E-state index is -0.333. The van der Waals surface area contributed by atoms with Crippen LogP contribution in [-0.2, 0) is 4.79 Å². The predicted octanol–water partition coefficient (Wildman–Crippen LogP) is 2.61. The van der Waals surface area contributed by atoms with E-state index in [4.69, 9.17) is 5.73 Å². The number of carbonyl (C=O) groups excluding carboxylic acids is 1. The third kappa shape index (κ3) is 3.27. The summed E-state index contributed by atoms with van der Waals surface area (Å²) < 4.78 is 0. The Balaban J connectivity index is 1.59. The molecule has 0 radical (unpaired) electrons. The number of carbonyl (C=O) groups is 1. The number of hydrogen-bond donors (Lipinski definition) is 2. The van der Waals surface area contributed by atoms with E-state index < -0.39 is 0 Å². The van der Waals surface area contributed by atoms with Gasteiger partial charge in [0.2, 0.25) is 5.91 Å². The molecule has 3 N–H and O–H groups in total. The zero-order chi connectivity index (χ0) is 15.6. The Morgan fingerprint density at radius 1 is 1.27 bits per heavy atom. The van der Waals surface area contributed by atoms with E-state index in [0.717, 1.165) is 50.9 Å². The fourth-order valence-electron chi connectivity index (χ4n) is 3.83. The average Bonchev–Trinajstić information content (AvgIpc) is 2.96. The van der Waals surface area contributed by atoms with Gasteiger partial charge in [-0.2, -0.15) is 0 Å². The summed E-state index contributed by atoms with van der Waals surface area (Å²) in [5.74, 6) is 0.263. The largest absolute Gasteiger partial charge is 0.380 e. The first-order valence-corrected chi connectivity index (χ1v) is 8.45. The van der Waals surface area contributed by atoms with Crippen molar-refractivity contribution in [3.05, 3.63) is 30.3 Å². The Hall–Kier alpha value is -1.55. The van der Waals surface area contributed by atoms with Crippen LogP contribution in [0.3, 0.4) is 0 Å². The quantitative estimate of drug-likeness (QED) is 0.902. The van der Waals surface area contributed by atoms with Crippen molar-refractivity contribution in [2.24, 2.45) is 11.7 Å². The van der Waals surface area contributed by atoms with Crippen LogP contribution in [-0.4, -0.2) is 35.5 Å². The van der Waals surface area contributed by atoms with Crippen LogP contribution in [0.15, 0.2) is 30.3 Å². The molecular weight excluding hydrogens is 274 g/mol. The van der Waals surface area contributed by atoms with E-state index in [0.29, 0.717) is 6.04 Å². The highest BCUT2D eigenvalue weighted by Crippen LogP contribution is 2.33. The van der Waals surface area contributed by atoms with Crippen molar-refractivity contribution in [2.75, 3.05) is 18.4 Å². The molecule has 120 valence electrons. The molecule has 1 amide bonds. The fourth-order valence-corrected chi connectivity index (χ4v) is 3.83. The van der Waals surface area contributed by atoms with Crippen LogP contribution in [0.25, 0.3) is 0 Å². The fraction of sp³-hybridized carbons (Fsp3) is 0.611. The van der Waals surface area contributed by atoms with Crippen LogP contribution in [0.1, 0.15) is 39.0 Å². The number of benzene rings is 1. The molecule has 0 aromatic heterocycles. The minimum absolute atomic E-state index is 0.00303. The molecule has 4 nitrogen and oxygen atoms in total. The zero-order valence-corrected chi connectivity index (χ0v) is 13.4. The summed E-state index contributed by atoms with van der Waals surface area (Å²) in [4.78, 5) is 14.8. The van der Waals surface area contributed by atoms with E-state index >= 15 is 0 Å². The van der Waals surface area contributed by atoms with Gasteiger partial charge in [-0.1, -0.05) is 31.0 Å². The molecule has 2 aliphatic rings. The molecule has 3 unspecified atom stereocenters. The third-order valence-electron chi connectivity index (χ3n) is 5.20. The van der Waals surface area contributed by atoms with Crippen molar-refractivity contribution in [1.29, 1.82) is 0 Å². The van der Waals surface area contributed by atoms with E-state index in [1.54, 1.807) is 0 Å². The highest BCUT2D eigenvalue weighted by Gasteiger charge is 2.41. The van der Waals surface area contributed by atoms with Gasteiger partial charge in [0.1, 0.15) is 0 Å². The molecule has 1 saturated carbocycles. The van der Waals surface area contributed by atoms with Gasteiger partial charge >= 0.3 is 0 Å². The molecule has 3 rings (SSSR count). The molecule has 22 heavy (non-hydrogen) atoms. The van der Waals surface area contributed by atoms with Crippen LogP contribution >= 0.6 is 0 Å². The molecule has 0 bridgehead atoms. The minimum Gasteiger partial charge on any atom is -0.380 e. The van der Waals surface area contributed by atoms with Crippen LogP contribution in [0.5, 0.6) is 0 Å². The van der Waals surface area contributed by atoms with Crippen LogP contribution in [0.2, 0.25) is 0 Å². The molecule has 3 atom stereocenters. The summed E-state index contributed by atoms with van der Waals surface area (Å²) >= 11 is 0. The van der Waals surface area contributed by atoms with Crippen molar-refractivity contribution in [3.63, 3.8) is 0 Å². The normalized spacial score (nSPS) is 32.0. The summed E-state index contributed by atoms with van der Waals surface area (Å²) in [6.45, 7) is 3.68. The Kier molecular flexibility index (Phi) is 4.39. The topological polar surface area (TPSA) is 58.4 Å². The number of hydrogen-bond acceptors (Lipinski definition) is 3. The van der Waals surface area contributed by atoms with Crippen LogP contribution in [0, 0.1) is 5.92 Å². The summed E-state index contributed by atoms with van der Waals surface area (Å²) in [6.07, 6.45) is 5.19. The van der Waals surface area contributed by atoms with Gasteiger partial charge in [-0.25, -0.2) is 0 Å². The van der Waals surface area contributed by atoms with Gasteiger partial charge in [-0.05, 0) is 38.3 Å². The van der Waals surface area contributed by atoms with Gasteiger partial charge in [0.25, 0.3) is 0 Å². The second-order valence-electron chi connectivity index (χ2n) is 7.08. The second-order valence-corrected chi connectivity index (χ2v) is 7.08. The Labute approximate surface area is 133 Å². The standard InChI is InChI=1S/C18H27N3O/c1-18(19)11-6-5-9-16(18)17(22)21-12-10-15(13-21)20-14-7-3-2-4-8-14/h2-4,7-8,15-16,20H,5-6,9-13,19H2,1H3. The van der Waals surface area contributed by atoms with Crippen molar-refractivity contribution in [1.82, 2.24) is 4.90 Å². The molecule has 1 heterocycles. The Morgan fingerprint density at radius 2 is 2.05 bits per heavy atom. The second kappa shape index (κ2) is 6.29. The number of anilines is 1. The van der Waals surface area contributed by atoms with Crippen molar-refractivity contribution in [2.45, 2.75) is 50.6 Å². The summed E-state index contributed by atoms with van der Waals surface area (Å²) in [6, 6.07) is 10.6. The van der Waals surface area contributed by atoms with E-state index in [-0.39, 0.29) is 17.4 Å². The van der Waals surface area contributed by atoms with Crippen molar-refractivity contribution >= 4 is 11.6 Å². The summed E-state index contributed by atoms with van der Waals surface area (Å²) in [5, 5.41) is 3.52. The maximum Gasteiger partial charge on any atom is 0.227 e. The van der Waals surface area contributed by atoms with Gasteiger partial charge < -0.3 is 16.0 Å². The van der Waals surface area contributed by atoms with Gasteiger partial charge in [-0.3, -0.25) is 4.79 Å². The number of rotatable bonds is 3. The third-order valence-corrected chi connectivity index (χ3v) is 5.20. The van der Waals surface area contributed by atoms with Crippen molar-refractivity contribution in [3.8, 4) is 0 Å². The zero-order valence-electron chi connectivity index (χ0n) is 13.4. The summed E-state index contributed by atoms with van der Waals surface area (Å²) in [7, 11) is 0. The van der Waals surface area contributed by atoms with E-state index in [2.05, 4.69) is 17.4 Å². The molecule has 2 fully saturated rings. The lowest BCUT2D eigenvalue weighted by molar-refractivity contribution is -0.137. The molecule has 0 spiro atoms. The van der Waals surface area contributed by atoms with Crippen LogP contribution in [0.4, 0.5) is 5.69 Å². The van der Waals surface area contributed by atoms with E-state index in [9.17, 15) is 4.79 Å². The first kappa shape index (κ1) is 15.3. The SMILES string of the molecule is CC1(N)CCCCC1C(=O)N1CCC(Nc2ccccc2)C1. The predicted molar refractivity (Wildman–Crippen MR) is 89.6 cm³/mol. The van der Waals surface area contributed by atoms with Crippen LogP contribution < -0.4 is 11.1 Å². The molecular formula is C18H27N3O. The van der Waals surface area contributed by atoms with Gasteiger partial charge in [-0.15, -0.1) is 0 Å². The molecule has 1 aromatic rings. The molecule has 1 aliphatic carbocycles. The highest BCUT2D eigenvalue weighted by molar-refractivity contribution is 5.80. The number of amides is 1. The monoisotopic (exact) mass is 301 g/mol. The first-order chi connectivity index (χ1) is 10.6. The highest BCUT2D eigenvalue weighted by atomic mass is 16.2. The maximum absolute atomic E-state index is 12.8. The molecule has 4 heteroatoms. The van der Waals surface area contributed by atoms with Gasteiger partial charge in [0, 0.05) is 30.4 Å². The maximum atomic E-state index is 12.8. The van der Waals surface area contributed by atoms with E-state index in [1.807, 2.05) is 30.0 Å². The lowest BCUT2D eigenvalue weighted by atomic mass is 9.74. The smallest absolute Gasteiger partial charge is 0.227 e. The lowest BCUT2D eigenvalue weighted by Gasteiger charge is -2.39. The average molecular weight is 301 g/mol. The lowest BCUT2D eigenvalue weighted by Crippen LogP contribution is -2.53. The molecule has 1 aromatic carbocycles. The Morgan fingerprint density at radius 3 is 2.77 bits per heavy atom. The Bertz CT molecular complexity index is 514. The molecule has 1 aliphatic heterocycles.